The van der Waals surface area contributed by atoms with Gasteiger partial charge in [0.25, 0.3) is 0 Å². The van der Waals surface area contributed by atoms with Gasteiger partial charge in [0, 0.05) is 6.20 Å². The number of ether oxygens (including phenoxy) is 1. The zero-order valence-corrected chi connectivity index (χ0v) is 11.3. The molecule has 4 nitrogen and oxygen atoms in total. The van der Waals surface area contributed by atoms with Crippen LogP contribution in [-0.4, -0.2) is 11.6 Å². The lowest BCUT2D eigenvalue weighted by atomic mass is 10.0. The molecule has 0 bridgehead atoms. The van der Waals surface area contributed by atoms with Crippen molar-refractivity contribution in [2.24, 2.45) is 5.84 Å². The largest absolute Gasteiger partial charge is 0.492 e. The third-order valence-corrected chi connectivity index (χ3v) is 2.89. The molecule has 0 amide bonds. The fourth-order valence-corrected chi connectivity index (χ4v) is 1.96. The van der Waals surface area contributed by atoms with Gasteiger partial charge in [-0.2, -0.15) is 0 Å². The molecule has 0 saturated carbocycles. The van der Waals surface area contributed by atoms with Gasteiger partial charge in [0.1, 0.15) is 11.6 Å². The van der Waals surface area contributed by atoms with Gasteiger partial charge in [-0.1, -0.05) is 19.1 Å². The Morgan fingerprint density at radius 1 is 1.30 bits per heavy atom. The second-order valence-corrected chi connectivity index (χ2v) is 4.46. The van der Waals surface area contributed by atoms with E-state index < -0.39 is 0 Å². The minimum atomic E-state index is -0.330. The van der Waals surface area contributed by atoms with Crippen LogP contribution in [0.4, 0.5) is 4.39 Å². The van der Waals surface area contributed by atoms with Crippen LogP contribution in [0.1, 0.15) is 30.5 Å². The molecular formula is C15H18FN3O. The minimum absolute atomic E-state index is 0.297. The molecule has 1 heterocycles. The summed E-state index contributed by atoms with van der Waals surface area (Å²) in [4.78, 5) is 4.14. The molecule has 106 valence electrons. The third-order valence-electron chi connectivity index (χ3n) is 2.89. The average molecular weight is 275 g/mol. The van der Waals surface area contributed by atoms with Gasteiger partial charge in [0.05, 0.1) is 18.8 Å². The molecule has 0 radical (unpaired) electrons. The quantitative estimate of drug-likeness (QED) is 0.628. The lowest BCUT2D eigenvalue weighted by Crippen LogP contribution is -2.29. The maximum atomic E-state index is 13.3. The van der Waals surface area contributed by atoms with Gasteiger partial charge in [0.15, 0.2) is 0 Å². The van der Waals surface area contributed by atoms with E-state index in [4.69, 9.17) is 10.6 Å². The van der Waals surface area contributed by atoms with Crippen molar-refractivity contribution in [1.82, 2.24) is 10.4 Å². The first-order valence-electron chi connectivity index (χ1n) is 6.54. The van der Waals surface area contributed by atoms with Crippen LogP contribution >= 0.6 is 0 Å². The summed E-state index contributed by atoms with van der Waals surface area (Å²) in [6, 6.07) is 7.84. The van der Waals surface area contributed by atoms with Gasteiger partial charge in [0.2, 0.25) is 0 Å². The number of nitrogens with one attached hydrogen (secondary N) is 1. The number of nitrogens with two attached hydrogens (primary N) is 1. The summed E-state index contributed by atoms with van der Waals surface area (Å²) >= 11 is 0. The Hall–Kier alpha value is -1.98. The Balaban J connectivity index is 2.27. The maximum Gasteiger partial charge on any atom is 0.137 e. The molecule has 0 aliphatic heterocycles. The van der Waals surface area contributed by atoms with Crippen molar-refractivity contribution in [1.29, 1.82) is 0 Å². The van der Waals surface area contributed by atoms with Crippen molar-refractivity contribution in [2.45, 2.75) is 19.4 Å². The van der Waals surface area contributed by atoms with E-state index in [0.29, 0.717) is 12.4 Å². The SMILES string of the molecule is CCCOc1cncc(C(NN)c2cccc(F)c2)c1. The predicted octanol–water partition coefficient (Wildman–Crippen LogP) is 2.56. The number of halogens is 1. The number of nitrogens with zero attached hydrogens (tertiary/aromatic N) is 1. The summed E-state index contributed by atoms with van der Waals surface area (Å²) < 4.78 is 18.9. The second-order valence-electron chi connectivity index (χ2n) is 4.46. The number of rotatable bonds is 6. The Morgan fingerprint density at radius 2 is 2.15 bits per heavy atom. The average Bonchev–Trinajstić information content (AvgIpc) is 2.46. The number of hydrogen-bond acceptors (Lipinski definition) is 4. The van der Waals surface area contributed by atoms with Gasteiger partial charge in [-0.05, 0) is 35.7 Å². The predicted molar refractivity (Wildman–Crippen MR) is 75.6 cm³/mol. The summed E-state index contributed by atoms with van der Waals surface area (Å²) in [7, 11) is 0. The number of benzene rings is 1. The van der Waals surface area contributed by atoms with Crippen LogP contribution in [0.2, 0.25) is 0 Å². The lowest BCUT2D eigenvalue weighted by Gasteiger charge is -2.17. The highest BCUT2D eigenvalue weighted by molar-refractivity contribution is 5.34. The van der Waals surface area contributed by atoms with Gasteiger partial charge < -0.3 is 4.74 Å². The smallest absolute Gasteiger partial charge is 0.137 e. The van der Waals surface area contributed by atoms with Gasteiger partial charge in [-0.15, -0.1) is 0 Å². The number of aromatic nitrogens is 1. The molecule has 1 unspecified atom stereocenters. The monoisotopic (exact) mass is 275 g/mol. The molecule has 0 spiro atoms. The minimum Gasteiger partial charge on any atom is -0.492 e. The Morgan fingerprint density at radius 3 is 2.85 bits per heavy atom. The first kappa shape index (κ1) is 14.4. The van der Waals surface area contributed by atoms with Gasteiger partial charge in [-0.3, -0.25) is 10.8 Å². The molecule has 0 fully saturated rings. The summed E-state index contributed by atoms with van der Waals surface area (Å²) in [6.07, 6.45) is 4.26. The zero-order valence-electron chi connectivity index (χ0n) is 11.3. The Kier molecular flexibility index (Phi) is 5.03. The molecule has 2 aromatic rings. The molecular weight excluding hydrogens is 257 g/mol. The second kappa shape index (κ2) is 6.98. The van der Waals surface area contributed by atoms with E-state index in [1.54, 1.807) is 18.5 Å². The van der Waals surface area contributed by atoms with Crippen molar-refractivity contribution in [3.8, 4) is 5.75 Å². The van der Waals surface area contributed by atoms with Crippen LogP contribution in [-0.2, 0) is 0 Å². The fourth-order valence-electron chi connectivity index (χ4n) is 1.96. The van der Waals surface area contributed by atoms with Crippen LogP contribution in [0.5, 0.6) is 5.75 Å². The van der Waals surface area contributed by atoms with E-state index in [2.05, 4.69) is 10.4 Å². The fraction of sp³-hybridized carbons (Fsp3) is 0.267. The highest BCUT2D eigenvalue weighted by Crippen LogP contribution is 2.24. The van der Waals surface area contributed by atoms with Crippen LogP contribution in [0.25, 0.3) is 0 Å². The molecule has 1 aromatic carbocycles. The van der Waals surface area contributed by atoms with E-state index in [9.17, 15) is 4.39 Å². The Labute approximate surface area is 117 Å². The van der Waals surface area contributed by atoms with Crippen molar-refractivity contribution >= 4 is 0 Å². The molecule has 2 rings (SSSR count). The van der Waals surface area contributed by atoms with Gasteiger partial charge in [-0.25, -0.2) is 9.82 Å². The van der Waals surface area contributed by atoms with E-state index in [0.717, 1.165) is 17.5 Å². The highest BCUT2D eigenvalue weighted by Gasteiger charge is 2.14. The maximum absolute atomic E-state index is 13.3. The molecule has 1 aromatic heterocycles. The number of hydrazine groups is 1. The first-order valence-corrected chi connectivity index (χ1v) is 6.54. The molecule has 0 saturated heterocycles. The molecule has 1 atom stereocenters. The van der Waals surface area contributed by atoms with Crippen molar-refractivity contribution < 1.29 is 9.13 Å². The summed E-state index contributed by atoms with van der Waals surface area (Å²) in [5, 5.41) is 0. The summed E-state index contributed by atoms with van der Waals surface area (Å²) in [6.45, 7) is 2.67. The van der Waals surface area contributed by atoms with Crippen LogP contribution < -0.4 is 16.0 Å². The molecule has 3 N–H and O–H groups in total. The van der Waals surface area contributed by atoms with E-state index in [1.807, 2.05) is 19.1 Å². The normalized spacial score (nSPS) is 12.2. The van der Waals surface area contributed by atoms with Crippen molar-refractivity contribution in [3.05, 3.63) is 59.7 Å². The molecule has 5 heteroatoms. The van der Waals surface area contributed by atoms with Crippen LogP contribution in [0.15, 0.2) is 42.7 Å². The molecule has 20 heavy (non-hydrogen) atoms. The Bertz CT molecular complexity index is 562. The zero-order chi connectivity index (χ0) is 14.4. The summed E-state index contributed by atoms with van der Waals surface area (Å²) in [5.74, 6) is 5.98. The third kappa shape index (κ3) is 3.53. The topological polar surface area (TPSA) is 60.2 Å². The molecule has 0 aliphatic rings. The molecule has 0 aliphatic carbocycles. The first-order chi connectivity index (χ1) is 9.74. The standard InChI is InChI=1S/C15H18FN3O/c1-2-6-20-14-8-12(9-18-10-14)15(19-17)11-4-3-5-13(16)7-11/h3-5,7-10,15,19H,2,6,17H2,1H3. The highest BCUT2D eigenvalue weighted by atomic mass is 19.1. The lowest BCUT2D eigenvalue weighted by molar-refractivity contribution is 0.315. The van der Waals surface area contributed by atoms with E-state index in [-0.39, 0.29) is 11.9 Å². The van der Waals surface area contributed by atoms with E-state index in [1.165, 1.54) is 12.1 Å². The number of pyridine rings is 1. The van der Waals surface area contributed by atoms with Crippen LogP contribution in [0.3, 0.4) is 0 Å². The van der Waals surface area contributed by atoms with Crippen molar-refractivity contribution in [2.75, 3.05) is 6.61 Å². The van der Waals surface area contributed by atoms with Gasteiger partial charge >= 0.3 is 0 Å². The van der Waals surface area contributed by atoms with Crippen LogP contribution in [0, 0.1) is 5.82 Å². The van der Waals surface area contributed by atoms with E-state index >= 15 is 0 Å². The summed E-state index contributed by atoms with van der Waals surface area (Å²) in [5.41, 5.74) is 4.25. The number of hydrogen-bond donors (Lipinski definition) is 2. The van der Waals surface area contributed by atoms with Crippen molar-refractivity contribution in [3.63, 3.8) is 0 Å².